The first-order chi connectivity index (χ1) is 25.5. The van der Waals surface area contributed by atoms with Crippen LogP contribution in [0.5, 0.6) is 5.75 Å². The Kier molecular flexibility index (Phi) is 13.2. The third kappa shape index (κ3) is 10.6. The zero-order valence-electron chi connectivity index (χ0n) is 29.5. The molecule has 0 aliphatic carbocycles. The van der Waals surface area contributed by atoms with E-state index in [0.29, 0.717) is 30.9 Å². The lowest BCUT2D eigenvalue weighted by Crippen LogP contribution is -2.52. The van der Waals surface area contributed by atoms with E-state index < -0.39 is 6.04 Å². The fourth-order valence-corrected chi connectivity index (χ4v) is 6.47. The van der Waals surface area contributed by atoms with Crippen LogP contribution in [0.2, 0.25) is 0 Å². The van der Waals surface area contributed by atoms with Gasteiger partial charge in [-0.2, -0.15) is 0 Å². The van der Waals surface area contributed by atoms with Crippen LogP contribution in [0.3, 0.4) is 0 Å². The van der Waals surface area contributed by atoms with Gasteiger partial charge in [-0.05, 0) is 52.9 Å². The highest BCUT2D eigenvalue weighted by Crippen LogP contribution is 2.27. The van der Waals surface area contributed by atoms with E-state index in [0.717, 1.165) is 55.1 Å². The van der Waals surface area contributed by atoms with Gasteiger partial charge in [-0.1, -0.05) is 109 Å². The van der Waals surface area contributed by atoms with Gasteiger partial charge in [-0.15, -0.1) is 0 Å². The Morgan fingerprint density at radius 2 is 1.33 bits per heavy atom. The molecule has 1 atom stereocenters. The fraction of sp³-hybridized carbons (Fsp3) is 0.273. The molecule has 0 N–H and O–H groups in total. The van der Waals surface area contributed by atoms with Crippen molar-refractivity contribution in [2.45, 2.75) is 38.4 Å². The van der Waals surface area contributed by atoms with Crippen LogP contribution in [-0.4, -0.2) is 67.1 Å². The first-order valence-corrected chi connectivity index (χ1v) is 18.0. The Labute approximate surface area is 306 Å². The van der Waals surface area contributed by atoms with Crippen molar-refractivity contribution in [2.24, 2.45) is 0 Å². The van der Waals surface area contributed by atoms with Crippen LogP contribution in [0.15, 0.2) is 140 Å². The molecule has 5 aromatic rings. The van der Waals surface area contributed by atoms with Crippen LogP contribution in [0.25, 0.3) is 0 Å². The zero-order valence-corrected chi connectivity index (χ0v) is 29.5. The topological polar surface area (TPSA) is 62.3 Å². The van der Waals surface area contributed by atoms with Gasteiger partial charge >= 0.3 is 0 Å². The quantitative estimate of drug-likeness (QED) is 0.108. The number of hydrogen-bond acceptors (Lipinski definition) is 5. The van der Waals surface area contributed by atoms with Crippen LogP contribution in [-0.2, 0) is 40.3 Å². The number of halogens is 1. The maximum Gasteiger partial charge on any atom is 0.250 e. The van der Waals surface area contributed by atoms with E-state index in [2.05, 4.69) is 4.90 Å². The summed E-state index contributed by atoms with van der Waals surface area (Å²) in [5, 5.41) is 0. The predicted molar refractivity (Wildman–Crippen MR) is 202 cm³/mol. The molecule has 1 aliphatic rings. The van der Waals surface area contributed by atoms with E-state index >= 15 is 4.79 Å². The monoisotopic (exact) mass is 699 g/mol. The lowest BCUT2D eigenvalue weighted by atomic mass is 10.00. The van der Waals surface area contributed by atoms with E-state index in [-0.39, 0.29) is 37.1 Å². The number of ether oxygens (including phenoxy) is 2. The molecule has 2 amide bonds. The molecule has 1 aliphatic heterocycles. The summed E-state index contributed by atoms with van der Waals surface area (Å²) in [7, 11) is 0. The number of nitrogens with zero attached hydrogens (tertiary/aromatic N) is 3. The minimum absolute atomic E-state index is 0.107. The molecule has 1 saturated heterocycles. The first kappa shape index (κ1) is 36.5. The Morgan fingerprint density at radius 3 is 2.00 bits per heavy atom. The van der Waals surface area contributed by atoms with Crippen LogP contribution < -0.4 is 9.64 Å². The Hall–Kier alpha value is -5.31. The standard InChI is InChI=1S/C44H46FN3O4/c45-39-22-19-38(20-23-39)33-47(40-17-10-18-41(32-40)52-30-27-46-25-28-51-29-26-46)44(50)42(31-36-13-6-2-7-14-36)48(34-37-15-8-3-9-16-37)43(49)24-21-35-11-4-1-5-12-35/h1-20,22-23,32,42H,21,24-31,33-34H2/t42-/m0/s1. The molecule has 0 radical (unpaired) electrons. The Bertz CT molecular complexity index is 1830. The number of hydrogen-bond donors (Lipinski definition) is 0. The van der Waals surface area contributed by atoms with Gasteiger partial charge in [-0.3, -0.25) is 14.5 Å². The van der Waals surface area contributed by atoms with Gasteiger partial charge < -0.3 is 19.3 Å². The largest absolute Gasteiger partial charge is 0.492 e. The van der Waals surface area contributed by atoms with Crippen molar-refractivity contribution in [2.75, 3.05) is 44.4 Å². The molecule has 5 aromatic carbocycles. The lowest BCUT2D eigenvalue weighted by molar-refractivity contribution is -0.140. The zero-order chi connectivity index (χ0) is 36.0. The SMILES string of the molecule is O=C([C@H](Cc1ccccc1)N(Cc1ccccc1)C(=O)CCc1ccccc1)N(Cc1ccc(F)cc1)c1cccc(OCCN2CCOCC2)c1. The number of morpholine rings is 1. The van der Waals surface area contributed by atoms with Crippen LogP contribution in [0, 0.1) is 5.82 Å². The highest BCUT2D eigenvalue weighted by Gasteiger charge is 2.34. The second-order valence-corrected chi connectivity index (χ2v) is 13.0. The minimum Gasteiger partial charge on any atom is -0.492 e. The molecule has 52 heavy (non-hydrogen) atoms. The lowest BCUT2D eigenvalue weighted by Gasteiger charge is -2.35. The maximum absolute atomic E-state index is 15.3. The molecule has 8 heteroatoms. The molecule has 6 rings (SSSR count). The summed E-state index contributed by atoms with van der Waals surface area (Å²) in [5.41, 5.74) is 4.33. The molecule has 1 fully saturated rings. The van der Waals surface area contributed by atoms with Crippen molar-refractivity contribution in [1.29, 1.82) is 0 Å². The molecule has 0 aromatic heterocycles. The molecule has 1 heterocycles. The van der Waals surface area contributed by atoms with E-state index in [1.165, 1.54) is 12.1 Å². The molecular formula is C44H46FN3O4. The molecule has 0 saturated carbocycles. The number of benzene rings is 5. The van der Waals surface area contributed by atoms with Crippen molar-refractivity contribution in [3.63, 3.8) is 0 Å². The number of amides is 2. The second kappa shape index (κ2) is 18.8. The van der Waals surface area contributed by atoms with E-state index in [9.17, 15) is 9.18 Å². The molecule has 7 nitrogen and oxygen atoms in total. The minimum atomic E-state index is -0.836. The molecule has 0 bridgehead atoms. The molecule has 0 unspecified atom stereocenters. The number of carbonyl (C=O) groups excluding carboxylic acids is 2. The maximum atomic E-state index is 15.3. The number of carbonyl (C=O) groups is 2. The van der Waals surface area contributed by atoms with Gasteiger partial charge in [0.2, 0.25) is 11.8 Å². The molecule has 268 valence electrons. The summed E-state index contributed by atoms with van der Waals surface area (Å²) in [4.78, 5) is 35.4. The summed E-state index contributed by atoms with van der Waals surface area (Å²) in [6.45, 7) is 4.89. The highest BCUT2D eigenvalue weighted by atomic mass is 19.1. The van der Waals surface area contributed by atoms with Crippen molar-refractivity contribution in [3.8, 4) is 5.75 Å². The first-order valence-electron chi connectivity index (χ1n) is 18.0. The van der Waals surface area contributed by atoms with Gasteiger partial charge in [0.25, 0.3) is 0 Å². The summed E-state index contributed by atoms with van der Waals surface area (Å²) in [5.74, 6) is -0.0498. The third-order valence-corrected chi connectivity index (χ3v) is 9.35. The molecular weight excluding hydrogens is 653 g/mol. The summed E-state index contributed by atoms with van der Waals surface area (Å²) < 4.78 is 25.7. The van der Waals surface area contributed by atoms with E-state index in [1.54, 1.807) is 21.9 Å². The van der Waals surface area contributed by atoms with Gasteiger partial charge in [0, 0.05) is 50.8 Å². The fourth-order valence-electron chi connectivity index (χ4n) is 6.47. The Balaban J connectivity index is 1.34. The average molecular weight is 700 g/mol. The average Bonchev–Trinajstić information content (AvgIpc) is 3.19. The van der Waals surface area contributed by atoms with E-state index in [1.807, 2.05) is 115 Å². The third-order valence-electron chi connectivity index (χ3n) is 9.35. The van der Waals surface area contributed by atoms with Crippen molar-refractivity contribution < 1.29 is 23.5 Å². The van der Waals surface area contributed by atoms with Crippen LogP contribution in [0.1, 0.15) is 28.7 Å². The number of aryl methyl sites for hydroxylation is 1. The normalized spacial score (nSPS) is 13.6. The summed E-state index contributed by atoms with van der Waals surface area (Å²) in [6, 6.07) is 42.4. The highest BCUT2D eigenvalue weighted by molar-refractivity contribution is 5.99. The summed E-state index contributed by atoms with van der Waals surface area (Å²) >= 11 is 0. The van der Waals surface area contributed by atoms with Gasteiger partial charge in [-0.25, -0.2) is 4.39 Å². The van der Waals surface area contributed by atoms with Crippen LogP contribution in [0.4, 0.5) is 10.1 Å². The number of anilines is 1. The molecule has 0 spiro atoms. The van der Waals surface area contributed by atoms with Crippen LogP contribution >= 0.6 is 0 Å². The van der Waals surface area contributed by atoms with Gasteiger partial charge in [0.15, 0.2) is 0 Å². The second-order valence-electron chi connectivity index (χ2n) is 13.0. The smallest absolute Gasteiger partial charge is 0.250 e. The Morgan fingerprint density at radius 1 is 0.712 bits per heavy atom. The summed E-state index contributed by atoms with van der Waals surface area (Å²) in [6.07, 6.45) is 1.12. The van der Waals surface area contributed by atoms with Gasteiger partial charge in [0.1, 0.15) is 24.2 Å². The number of rotatable bonds is 16. The van der Waals surface area contributed by atoms with Gasteiger partial charge in [0.05, 0.1) is 19.8 Å². The van der Waals surface area contributed by atoms with Crippen molar-refractivity contribution in [3.05, 3.63) is 168 Å². The predicted octanol–water partition coefficient (Wildman–Crippen LogP) is 7.34. The van der Waals surface area contributed by atoms with E-state index in [4.69, 9.17) is 9.47 Å². The van der Waals surface area contributed by atoms with Crippen molar-refractivity contribution >= 4 is 17.5 Å². The van der Waals surface area contributed by atoms with Crippen molar-refractivity contribution in [1.82, 2.24) is 9.80 Å².